The number of rotatable bonds is 3. The van der Waals surface area contributed by atoms with Crippen LogP contribution in [0.1, 0.15) is 20.3 Å². The standard InChI is InChI=1S/C11H18O5/c1-11(2)6(8(12)10(14)16-4)5-7(11)9(13)15-3/h6-8,12H,5H2,1-4H3/t6-,7+,8+/m1/s1. The maximum absolute atomic E-state index is 11.4. The molecule has 5 heteroatoms. The van der Waals surface area contributed by atoms with Gasteiger partial charge in [-0.2, -0.15) is 0 Å². The SMILES string of the molecule is COC(=O)[C@@H](O)[C@H]1C[C@@H](C(=O)OC)C1(C)C. The Bertz CT molecular complexity index is 297. The van der Waals surface area contributed by atoms with Crippen molar-refractivity contribution in [3.63, 3.8) is 0 Å². The summed E-state index contributed by atoms with van der Waals surface area (Å²) in [6, 6.07) is 0. The first-order valence-corrected chi connectivity index (χ1v) is 5.20. The van der Waals surface area contributed by atoms with E-state index in [1.54, 1.807) is 0 Å². The average Bonchev–Trinajstić information content (AvgIpc) is 2.25. The first kappa shape index (κ1) is 13.0. The third-order valence-corrected chi connectivity index (χ3v) is 3.65. The first-order chi connectivity index (χ1) is 7.36. The van der Waals surface area contributed by atoms with Gasteiger partial charge in [0.15, 0.2) is 6.10 Å². The number of methoxy groups -OCH3 is 2. The minimum Gasteiger partial charge on any atom is -0.469 e. The quantitative estimate of drug-likeness (QED) is 0.708. The number of carbonyl (C=O) groups is 2. The minimum absolute atomic E-state index is 0.260. The molecule has 1 rings (SSSR count). The molecular weight excluding hydrogens is 212 g/mol. The van der Waals surface area contributed by atoms with E-state index in [1.807, 2.05) is 13.8 Å². The van der Waals surface area contributed by atoms with Gasteiger partial charge >= 0.3 is 11.9 Å². The molecular formula is C11H18O5. The Morgan fingerprint density at radius 3 is 2.25 bits per heavy atom. The highest BCUT2D eigenvalue weighted by atomic mass is 16.5. The number of ether oxygens (including phenoxy) is 2. The molecule has 1 fully saturated rings. The summed E-state index contributed by atoms with van der Waals surface area (Å²) in [5.74, 6) is -1.47. The zero-order valence-electron chi connectivity index (χ0n) is 10.0. The molecule has 1 saturated carbocycles. The van der Waals surface area contributed by atoms with Gasteiger partial charge in [-0.1, -0.05) is 13.8 Å². The van der Waals surface area contributed by atoms with Gasteiger partial charge < -0.3 is 14.6 Å². The van der Waals surface area contributed by atoms with Gasteiger partial charge in [-0.3, -0.25) is 4.79 Å². The molecule has 0 radical (unpaired) electrons. The molecule has 0 aromatic rings. The van der Waals surface area contributed by atoms with Gasteiger partial charge in [0, 0.05) is 5.92 Å². The number of esters is 2. The first-order valence-electron chi connectivity index (χ1n) is 5.20. The van der Waals surface area contributed by atoms with Gasteiger partial charge in [0.05, 0.1) is 20.1 Å². The number of aliphatic hydroxyl groups excluding tert-OH is 1. The van der Waals surface area contributed by atoms with Gasteiger partial charge in [0.2, 0.25) is 0 Å². The van der Waals surface area contributed by atoms with Crippen molar-refractivity contribution in [3.8, 4) is 0 Å². The highest BCUT2D eigenvalue weighted by Gasteiger charge is 2.56. The average molecular weight is 230 g/mol. The summed E-state index contributed by atoms with van der Waals surface area (Å²) in [6.45, 7) is 3.68. The van der Waals surface area contributed by atoms with Crippen LogP contribution in [0.15, 0.2) is 0 Å². The van der Waals surface area contributed by atoms with Crippen LogP contribution in [0.2, 0.25) is 0 Å². The van der Waals surface area contributed by atoms with Crippen LogP contribution in [-0.4, -0.2) is 37.4 Å². The maximum atomic E-state index is 11.4. The lowest BCUT2D eigenvalue weighted by Gasteiger charge is -2.51. The summed E-state index contributed by atoms with van der Waals surface area (Å²) < 4.78 is 9.15. The Balaban J connectivity index is 2.70. The Hall–Kier alpha value is -1.10. The van der Waals surface area contributed by atoms with Crippen LogP contribution in [0.3, 0.4) is 0 Å². The lowest BCUT2D eigenvalue weighted by Crippen LogP contribution is -2.55. The molecule has 0 saturated heterocycles. The van der Waals surface area contributed by atoms with Gasteiger partial charge in [-0.05, 0) is 11.8 Å². The number of carbonyl (C=O) groups excluding carboxylic acids is 2. The Kier molecular flexibility index (Phi) is 3.57. The van der Waals surface area contributed by atoms with Crippen molar-refractivity contribution in [1.29, 1.82) is 0 Å². The van der Waals surface area contributed by atoms with E-state index < -0.39 is 17.5 Å². The van der Waals surface area contributed by atoms with Crippen LogP contribution in [-0.2, 0) is 19.1 Å². The van der Waals surface area contributed by atoms with Crippen molar-refractivity contribution in [2.45, 2.75) is 26.4 Å². The minimum atomic E-state index is -1.17. The molecule has 0 unspecified atom stereocenters. The Morgan fingerprint density at radius 1 is 1.31 bits per heavy atom. The van der Waals surface area contributed by atoms with E-state index in [0.29, 0.717) is 6.42 Å². The second kappa shape index (κ2) is 4.41. The van der Waals surface area contributed by atoms with Gasteiger partial charge in [0.1, 0.15) is 0 Å². The summed E-state index contributed by atoms with van der Waals surface area (Å²) in [6.07, 6.45) is -0.712. The highest BCUT2D eigenvalue weighted by Crippen LogP contribution is 2.53. The predicted octanol–water partition coefficient (Wildman–Crippen LogP) is 0.356. The fourth-order valence-electron chi connectivity index (χ4n) is 2.32. The molecule has 0 amide bonds. The van der Waals surface area contributed by atoms with E-state index in [9.17, 15) is 14.7 Å². The fourth-order valence-corrected chi connectivity index (χ4v) is 2.32. The van der Waals surface area contributed by atoms with Crippen molar-refractivity contribution in [1.82, 2.24) is 0 Å². The molecule has 0 bridgehead atoms. The van der Waals surface area contributed by atoms with E-state index in [1.165, 1.54) is 14.2 Å². The molecule has 16 heavy (non-hydrogen) atoms. The monoisotopic (exact) mass is 230 g/mol. The zero-order chi connectivity index (χ0) is 12.5. The molecule has 0 spiro atoms. The van der Waals surface area contributed by atoms with Crippen LogP contribution >= 0.6 is 0 Å². The van der Waals surface area contributed by atoms with E-state index in [-0.39, 0.29) is 17.8 Å². The molecule has 0 heterocycles. The molecule has 5 nitrogen and oxygen atoms in total. The van der Waals surface area contributed by atoms with E-state index in [0.717, 1.165) is 0 Å². The van der Waals surface area contributed by atoms with E-state index in [2.05, 4.69) is 9.47 Å². The summed E-state index contributed by atoms with van der Waals surface area (Å²) in [5.41, 5.74) is -0.444. The molecule has 3 atom stereocenters. The number of hydrogen-bond acceptors (Lipinski definition) is 5. The van der Waals surface area contributed by atoms with Crippen LogP contribution in [0.5, 0.6) is 0 Å². The van der Waals surface area contributed by atoms with E-state index in [4.69, 9.17) is 0 Å². The molecule has 92 valence electrons. The van der Waals surface area contributed by atoms with Crippen LogP contribution in [0, 0.1) is 17.3 Å². The third kappa shape index (κ3) is 1.91. The Morgan fingerprint density at radius 2 is 1.88 bits per heavy atom. The largest absolute Gasteiger partial charge is 0.469 e. The molecule has 0 aromatic carbocycles. The number of aliphatic hydroxyl groups is 1. The molecule has 0 aliphatic heterocycles. The van der Waals surface area contributed by atoms with Crippen molar-refractivity contribution < 1.29 is 24.2 Å². The van der Waals surface area contributed by atoms with Crippen LogP contribution in [0.4, 0.5) is 0 Å². The lowest BCUT2D eigenvalue weighted by atomic mass is 9.53. The van der Waals surface area contributed by atoms with Gasteiger partial charge in [-0.25, -0.2) is 4.79 Å². The predicted molar refractivity (Wildman–Crippen MR) is 55.4 cm³/mol. The third-order valence-electron chi connectivity index (χ3n) is 3.65. The summed E-state index contributed by atoms with van der Waals surface area (Å²) in [5, 5.41) is 9.72. The maximum Gasteiger partial charge on any atom is 0.334 e. The molecule has 1 aliphatic rings. The number of hydrogen-bond donors (Lipinski definition) is 1. The van der Waals surface area contributed by atoms with E-state index >= 15 is 0 Å². The highest BCUT2D eigenvalue weighted by molar-refractivity contribution is 5.78. The summed E-state index contributed by atoms with van der Waals surface area (Å²) in [7, 11) is 2.57. The fraction of sp³-hybridized carbons (Fsp3) is 0.818. The zero-order valence-corrected chi connectivity index (χ0v) is 10.0. The molecule has 0 aromatic heterocycles. The normalized spacial score (nSPS) is 28.8. The molecule has 1 aliphatic carbocycles. The Labute approximate surface area is 94.7 Å². The second-order valence-electron chi connectivity index (χ2n) is 4.71. The van der Waals surface area contributed by atoms with Gasteiger partial charge in [-0.15, -0.1) is 0 Å². The lowest BCUT2D eigenvalue weighted by molar-refractivity contribution is -0.181. The topological polar surface area (TPSA) is 72.8 Å². The second-order valence-corrected chi connectivity index (χ2v) is 4.71. The van der Waals surface area contributed by atoms with Crippen molar-refractivity contribution in [2.75, 3.05) is 14.2 Å². The van der Waals surface area contributed by atoms with Crippen molar-refractivity contribution in [3.05, 3.63) is 0 Å². The van der Waals surface area contributed by atoms with Crippen LogP contribution < -0.4 is 0 Å². The van der Waals surface area contributed by atoms with Crippen molar-refractivity contribution >= 4 is 11.9 Å². The molecule has 1 N–H and O–H groups in total. The summed E-state index contributed by atoms with van der Waals surface area (Å²) in [4.78, 5) is 22.6. The van der Waals surface area contributed by atoms with Crippen LogP contribution in [0.25, 0.3) is 0 Å². The summed E-state index contributed by atoms with van der Waals surface area (Å²) >= 11 is 0. The van der Waals surface area contributed by atoms with Gasteiger partial charge in [0.25, 0.3) is 0 Å². The smallest absolute Gasteiger partial charge is 0.334 e. The van der Waals surface area contributed by atoms with Crippen molar-refractivity contribution in [2.24, 2.45) is 17.3 Å².